The van der Waals surface area contributed by atoms with Gasteiger partial charge in [-0.1, -0.05) is 6.92 Å². The summed E-state index contributed by atoms with van der Waals surface area (Å²) in [5, 5.41) is 7.41. The molecule has 1 aromatic rings. The van der Waals surface area contributed by atoms with Gasteiger partial charge in [-0.05, 0) is 39.0 Å². The van der Waals surface area contributed by atoms with Crippen LogP contribution in [0.25, 0.3) is 0 Å². The molecule has 4 N–H and O–H groups in total. The van der Waals surface area contributed by atoms with E-state index < -0.39 is 0 Å². The number of hydrogen-bond donors (Lipinski definition) is 3. The van der Waals surface area contributed by atoms with Gasteiger partial charge in [0.15, 0.2) is 0 Å². The molecule has 0 aromatic carbocycles. The number of nitrogens with two attached hydrogens (primary N) is 1. The SMILES string of the molecule is CCCNC(=O)c1sc(NC(C)C)c(C2CC2)c1N. The Bertz CT molecular complexity index is 464. The average Bonchev–Trinajstić information content (AvgIpc) is 3.12. The van der Waals surface area contributed by atoms with Crippen molar-refractivity contribution in [1.82, 2.24) is 5.32 Å². The van der Waals surface area contributed by atoms with Gasteiger partial charge in [0, 0.05) is 18.2 Å². The van der Waals surface area contributed by atoms with Gasteiger partial charge in [-0.25, -0.2) is 0 Å². The van der Waals surface area contributed by atoms with E-state index in [1.54, 1.807) is 0 Å². The molecular formula is C14H23N3OS. The van der Waals surface area contributed by atoms with E-state index in [0.717, 1.165) is 11.4 Å². The van der Waals surface area contributed by atoms with Gasteiger partial charge in [0.2, 0.25) is 0 Å². The van der Waals surface area contributed by atoms with Gasteiger partial charge in [-0.15, -0.1) is 11.3 Å². The lowest BCUT2D eigenvalue weighted by molar-refractivity contribution is 0.0958. The lowest BCUT2D eigenvalue weighted by atomic mass is 10.1. The molecule has 1 aliphatic rings. The van der Waals surface area contributed by atoms with Crippen molar-refractivity contribution >= 4 is 27.9 Å². The van der Waals surface area contributed by atoms with Crippen LogP contribution in [-0.4, -0.2) is 18.5 Å². The summed E-state index contributed by atoms with van der Waals surface area (Å²) >= 11 is 1.49. The molecule has 19 heavy (non-hydrogen) atoms. The summed E-state index contributed by atoms with van der Waals surface area (Å²) in [4.78, 5) is 12.8. The van der Waals surface area contributed by atoms with Gasteiger partial charge < -0.3 is 16.4 Å². The number of amides is 1. The Hall–Kier alpha value is -1.23. The van der Waals surface area contributed by atoms with Crippen LogP contribution in [0.3, 0.4) is 0 Å². The minimum Gasteiger partial charge on any atom is -0.397 e. The van der Waals surface area contributed by atoms with Crippen molar-refractivity contribution < 1.29 is 4.79 Å². The molecule has 1 aromatic heterocycles. The lowest BCUT2D eigenvalue weighted by Gasteiger charge is -2.10. The van der Waals surface area contributed by atoms with Gasteiger partial charge >= 0.3 is 0 Å². The number of hydrogen-bond acceptors (Lipinski definition) is 4. The lowest BCUT2D eigenvalue weighted by Crippen LogP contribution is -2.23. The summed E-state index contributed by atoms with van der Waals surface area (Å²) in [6, 6.07) is 0.349. The fourth-order valence-electron chi connectivity index (χ4n) is 2.09. The Morgan fingerprint density at radius 3 is 2.68 bits per heavy atom. The molecule has 1 heterocycles. The Morgan fingerprint density at radius 2 is 2.16 bits per heavy atom. The van der Waals surface area contributed by atoms with Crippen LogP contribution in [0.4, 0.5) is 10.7 Å². The van der Waals surface area contributed by atoms with Gasteiger partial charge in [-0.2, -0.15) is 0 Å². The molecule has 0 aliphatic heterocycles. The molecule has 5 heteroatoms. The molecule has 0 atom stereocenters. The van der Waals surface area contributed by atoms with E-state index >= 15 is 0 Å². The van der Waals surface area contributed by atoms with Crippen LogP contribution < -0.4 is 16.4 Å². The maximum atomic E-state index is 12.1. The summed E-state index contributed by atoms with van der Waals surface area (Å²) in [7, 11) is 0. The second-order valence-corrected chi connectivity index (χ2v) is 6.44. The fourth-order valence-corrected chi connectivity index (χ4v) is 3.36. The average molecular weight is 281 g/mol. The summed E-state index contributed by atoms with van der Waals surface area (Å²) in [5.74, 6) is 0.508. The first-order chi connectivity index (χ1) is 9.04. The zero-order valence-corrected chi connectivity index (χ0v) is 12.7. The first-order valence-electron chi connectivity index (χ1n) is 7.01. The van der Waals surface area contributed by atoms with Crippen molar-refractivity contribution in [3.8, 4) is 0 Å². The number of carbonyl (C=O) groups excluding carboxylic acids is 1. The Balaban J connectivity index is 2.26. The van der Waals surface area contributed by atoms with Crippen molar-refractivity contribution in [3.63, 3.8) is 0 Å². The van der Waals surface area contributed by atoms with Gasteiger partial charge in [0.1, 0.15) is 4.88 Å². The normalized spacial score (nSPS) is 14.7. The Kier molecular flexibility index (Phi) is 4.34. The third-order valence-corrected chi connectivity index (χ3v) is 4.28. The zero-order valence-electron chi connectivity index (χ0n) is 11.9. The highest BCUT2D eigenvalue weighted by molar-refractivity contribution is 7.18. The van der Waals surface area contributed by atoms with E-state index in [9.17, 15) is 4.79 Å². The summed E-state index contributed by atoms with van der Waals surface area (Å²) in [6.07, 6.45) is 3.30. The van der Waals surface area contributed by atoms with Crippen LogP contribution in [-0.2, 0) is 0 Å². The number of anilines is 2. The second-order valence-electron chi connectivity index (χ2n) is 5.42. The summed E-state index contributed by atoms with van der Waals surface area (Å²) in [5.41, 5.74) is 8.05. The molecular weight excluding hydrogens is 258 g/mol. The quantitative estimate of drug-likeness (QED) is 0.750. The number of nitrogens with one attached hydrogen (secondary N) is 2. The number of carbonyl (C=O) groups is 1. The third kappa shape index (κ3) is 3.21. The molecule has 0 bridgehead atoms. The topological polar surface area (TPSA) is 67.2 Å². The smallest absolute Gasteiger partial charge is 0.263 e. The molecule has 0 saturated heterocycles. The zero-order chi connectivity index (χ0) is 14.0. The monoisotopic (exact) mass is 281 g/mol. The van der Waals surface area contributed by atoms with E-state index in [0.29, 0.717) is 29.1 Å². The highest BCUT2D eigenvalue weighted by Gasteiger charge is 2.32. The van der Waals surface area contributed by atoms with Crippen LogP contribution in [0.2, 0.25) is 0 Å². The van der Waals surface area contributed by atoms with E-state index in [1.807, 2.05) is 6.92 Å². The minimum absolute atomic E-state index is 0.0388. The minimum atomic E-state index is -0.0388. The van der Waals surface area contributed by atoms with E-state index in [2.05, 4.69) is 24.5 Å². The van der Waals surface area contributed by atoms with Crippen molar-refractivity contribution in [2.75, 3.05) is 17.6 Å². The van der Waals surface area contributed by atoms with Crippen LogP contribution >= 0.6 is 11.3 Å². The van der Waals surface area contributed by atoms with Gasteiger partial charge in [-0.3, -0.25) is 4.79 Å². The summed E-state index contributed by atoms with van der Waals surface area (Å²) in [6.45, 7) is 6.94. The van der Waals surface area contributed by atoms with E-state index in [4.69, 9.17) is 5.73 Å². The molecule has 1 amide bonds. The number of rotatable bonds is 6. The highest BCUT2D eigenvalue weighted by atomic mass is 32.1. The molecule has 1 aliphatic carbocycles. The molecule has 0 unspecified atom stereocenters. The van der Waals surface area contributed by atoms with Crippen LogP contribution in [0.15, 0.2) is 0 Å². The fraction of sp³-hybridized carbons (Fsp3) is 0.643. The number of nitrogen functional groups attached to an aromatic ring is 1. The molecule has 0 radical (unpaired) electrons. The molecule has 0 spiro atoms. The Morgan fingerprint density at radius 1 is 1.47 bits per heavy atom. The molecule has 4 nitrogen and oxygen atoms in total. The van der Waals surface area contributed by atoms with Crippen LogP contribution in [0.1, 0.15) is 61.2 Å². The predicted molar refractivity (Wildman–Crippen MR) is 82.1 cm³/mol. The first kappa shape index (κ1) is 14.2. The maximum absolute atomic E-state index is 12.1. The standard InChI is InChI=1S/C14H23N3OS/c1-4-7-16-13(18)12-11(15)10(9-5-6-9)14(19-12)17-8(2)3/h8-9,17H,4-7,15H2,1-3H3,(H,16,18). The van der Waals surface area contributed by atoms with Gasteiger partial charge in [0.05, 0.1) is 10.7 Å². The largest absolute Gasteiger partial charge is 0.397 e. The summed E-state index contributed by atoms with van der Waals surface area (Å²) < 4.78 is 0. The molecule has 1 fully saturated rings. The second kappa shape index (κ2) is 5.82. The van der Waals surface area contributed by atoms with Crippen molar-refractivity contribution in [2.24, 2.45) is 0 Å². The van der Waals surface area contributed by atoms with Crippen molar-refractivity contribution in [2.45, 2.75) is 52.0 Å². The third-order valence-electron chi connectivity index (χ3n) is 3.13. The molecule has 106 valence electrons. The molecule has 2 rings (SSSR count). The Labute approximate surface area is 118 Å². The predicted octanol–water partition coefficient (Wildman–Crippen LogP) is 3.17. The van der Waals surface area contributed by atoms with Crippen molar-refractivity contribution in [3.05, 3.63) is 10.4 Å². The molecule has 1 saturated carbocycles. The van der Waals surface area contributed by atoms with Crippen molar-refractivity contribution in [1.29, 1.82) is 0 Å². The number of thiophene rings is 1. The first-order valence-corrected chi connectivity index (χ1v) is 7.83. The highest BCUT2D eigenvalue weighted by Crippen LogP contribution is 2.50. The van der Waals surface area contributed by atoms with Crippen LogP contribution in [0.5, 0.6) is 0 Å². The van der Waals surface area contributed by atoms with E-state index in [-0.39, 0.29) is 5.91 Å². The van der Waals surface area contributed by atoms with Gasteiger partial charge in [0.25, 0.3) is 5.91 Å². The van der Waals surface area contributed by atoms with Crippen LogP contribution in [0, 0.1) is 0 Å². The van der Waals surface area contributed by atoms with E-state index in [1.165, 1.54) is 29.7 Å². The maximum Gasteiger partial charge on any atom is 0.263 e.